The van der Waals surface area contributed by atoms with E-state index >= 15 is 0 Å². The molecule has 4 heteroatoms. The quantitative estimate of drug-likeness (QED) is 0.758. The van der Waals surface area contributed by atoms with E-state index in [9.17, 15) is 0 Å². The summed E-state index contributed by atoms with van der Waals surface area (Å²) in [6, 6.07) is 0.467. The van der Waals surface area contributed by atoms with Crippen molar-refractivity contribution < 1.29 is 0 Å². The maximum atomic E-state index is 5.51. The molecule has 0 aliphatic heterocycles. The van der Waals surface area contributed by atoms with E-state index in [0.29, 0.717) is 6.04 Å². The second-order valence-electron chi connectivity index (χ2n) is 4.13. The van der Waals surface area contributed by atoms with Crippen LogP contribution in [0.3, 0.4) is 0 Å². The third kappa shape index (κ3) is 3.04. The van der Waals surface area contributed by atoms with Crippen LogP contribution < -0.4 is 11.1 Å². The van der Waals surface area contributed by atoms with Crippen molar-refractivity contribution in [2.45, 2.75) is 39.8 Å². The first-order valence-electron chi connectivity index (χ1n) is 5.48. The number of nitrogens with zero attached hydrogens (tertiary/aromatic N) is 2. The highest BCUT2D eigenvalue weighted by Crippen LogP contribution is 2.11. The topological polar surface area (TPSA) is 55.9 Å². The molecule has 0 saturated heterocycles. The van der Waals surface area contributed by atoms with Crippen LogP contribution in [0.1, 0.15) is 30.3 Å². The van der Waals surface area contributed by atoms with Gasteiger partial charge in [0.15, 0.2) is 0 Å². The third-order valence-corrected chi connectivity index (χ3v) is 2.89. The number of aromatic nitrogens is 2. The van der Waals surface area contributed by atoms with E-state index in [1.807, 2.05) is 11.7 Å². The summed E-state index contributed by atoms with van der Waals surface area (Å²) in [4.78, 5) is 0. The molecule has 1 atom stereocenters. The van der Waals surface area contributed by atoms with E-state index in [-0.39, 0.29) is 0 Å². The minimum Gasteiger partial charge on any atom is -0.330 e. The van der Waals surface area contributed by atoms with Gasteiger partial charge in [0.25, 0.3) is 0 Å². The molecule has 86 valence electrons. The molecule has 0 bridgehead atoms. The number of nitrogens with two attached hydrogens (primary N) is 1. The normalized spacial score (nSPS) is 13.1. The fourth-order valence-electron chi connectivity index (χ4n) is 1.70. The molecular weight excluding hydrogens is 188 g/mol. The van der Waals surface area contributed by atoms with Gasteiger partial charge in [0.1, 0.15) is 0 Å². The Kier molecular flexibility index (Phi) is 4.29. The smallest absolute Gasteiger partial charge is 0.0641 e. The first-order valence-corrected chi connectivity index (χ1v) is 5.48. The molecule has 4 nitrogen and oxygen atoms in total. The molecule has 0 amide bonds. The van der Waals surface area contributed by atoms with Crippen LogP contribution >= 0.6 is 0 Å². The molecule has 0 spiro atoms. The van der Waals surface area contributed by atoms with E-state index in [4.69, 9.17) is 5.73 Å². The zero-order chi connectivity index (χ0) is 11.4. The highest BCUT2D eigenvalue weighted by molar-refractivity contribution is 5.24. The van der Waals surface area contributed by atoms with Gasteiger partial charge in [-0.05, 0) is 33.7 Å². The highest BCUT2D eigenvalue weighted by Gasteiger charge is 2.09. The molecule has 0 radical (unpaired) electrons. The third-order valence-electron chi connectivity index (χ3n) is 2.89. The molecule has 0 aliphatic rings. The fourth-order valence-corrected chi connectivity index (χ4v) is 1.70. The minimum absolute atomic E-state index is 0.467. The average molecular weight is 210 g/mol. The number of hydrogen-bond donors (Lipinski definition) is 2. The maximum Gasteiger partial charge on any atom is 0.0641 e. The molecule has 0 fully saturated rings. The molecule has 1 heterocycles. The minimum atomic E-state index is 0.467. The van der Waals surface area contributed by atoms with E-state index < -0.39 is 0 Å². The predicted molar refractivity (Wildman–Crippen MR) is 62.7 cm³/mol. The van der Waals surface area contributed by atoms with Crippen LogP contribution in [0, 0.1) is 13.8 Å². The van der Waals surface area contributed by atoms with Crippen molar-refractivity contribution in [1.82, 2.24) is 15.1 Å². The van der Waals surface area contributed by atoms with Gasteiger partial charge in [-0.15, -0.1) is 0 Å². The van der Waals surface area contributed by atoms with Crippen LogP contribution in [0.4, 0.5) is 0 Å². The molecule has 1 aromatic rings. The Morgan fingerprint density at radius 1 is 1.47 bits per heavy atom. The number of aryl methyl sites for hydroxylation is 2. The van der Waals surface area contributed by atoms with Crippen LogP contribution in [-0.4, -0.2) is 22.4 Å². The Bertz CT molecular complexity index is 317. The summed E-state index contributed by atoms with van der Waals surface area (Å²) in [7, 11) is 1.98. The number of rotatable bonds is 5. The Labute approximate surface area is 91.8 Å². The Hall–Kier alpha value is -0.870. The van der Waals surface area contributed by atoms with Gasteiger partial charge in [-0.25, -0.2) is 0 Å². The molecule has 1 rings (SSSR count). The van der Waals surface area contributed by atoms with Gasteiger partial charge in [0.05, 0.1) is 5.69 Å². The summed E-state index contributed by atoms with van der Waals surface area (Å²) in [6.07, 6.45) is 1.01. The summed E-state index contributed by atoms with van der Waals surface area (Å²) < 4.78 is 1.93. The first-order chi connectivity index (χ1) is 7.06. The van der Waals surface area contributed by atoms with Crippen LogP contribution in [0.2, 0.25) is 0 Å². The Morgan fingerprint density at radius 3 is 2.60 bits per heavy atom. The monoisotopic (exact) mass is 210 g/mol. The van der Waals surface area contributed by atoms with Crippen molar-refractivity contribution in [2.24, 2.45) is 12.8 Å². The van der Waals surface area contributed by atoms with Gasteiger partial charge in [0, 0.05) is 30.9 Å². The average Bonchev–Trinajstić information content (AvgIpc) is 2.40. The standard InChI is InChI=1S/C11H22N4/c1-8(5-6-12)13-7-11-9(2)14-15(4)10(11)3/h8,13H,5-7,12H2,1-4H3. The van der Waals surface area contributed by atoms with Crippen LogP contribution in [0.5, 0.6) is 0 Å². The van der Waals surface area contributed by atoms with Crippen molar-refractivity contribution in [2.75, 3.05) is 6.54 Å². The summed E-state index contributed by atoms with van der Waals surface area (Å²) >= 11 is 0. The lowest BCUT2D eigenvalue weighted by Crippen LogP contribution is -2.28. The lowest BCUT2D eigenvalue weighted by molar-refractivity contribution is 0.518. The zero-order valence-corrected chi connectivity index (χ0v) is 10.2. The van der Waals surface area contributed by atoms with E-state index in [2.05, 4.69) is 31.2 Å². The molecular formula is C11H22N4. The van der Waals surface area contributed by atoms with Gasteiger partial charge in [0.2, 0.25) is 0 Å². The second-order valence-corrected chi connectivity index (χ2v) is 4.13. The van der Waals surface area contributed by atoms with E-state index in [0.717, 1.165) is 25.2 Å². The van der Waals surface area contributed by atoms with Crippen LogP contribution in [0.15, 0.2) is 0 Å². The van der Waals surface area contributed by atoms with Crippen molar-refractivity contribution in [3.8, 4) is 0 Å². The van der Waals surface area contributed by atoms with E-state index in [1.54, 1.807) is 0 Å². The molecule has 0 aromatic carbocycles. The predicted octanol–water partition coefficient (Wildman–Crippen LogP) is 0.864. The lowest BCUT2D eigenvalue weighted by Gasteiger charge is -2.12. The summed E-state index contributed by atoms with van der Waals surface area (Å²) in [5, 5.41) is 7.85. The molecule has 0 saturated carbocycles. The van der Waals surface area contributed by atoms with Gasteiger partial charge in [-0.3, -0.25) is 4.68 Å². The van der Waals surface area contributed by atoms with Crippen LogP contribution in [-0.2, 0) is 13.6 Å². The maximum absolute atomic E-state index is 5.51. The largest absolute Gasteiger partial charge is 0.330 e. The van der Waals surface area contributed by atoms with Gasteiger partial charge in [-0.1, -0.05) is 0 Å². The lowest BCUT2D eigenvalue weighted by atomic mass is 10.1. The molecule has 3 N–H and O–H groups in total. The van der Waals surface area contributed by atoms with Crippen molar-refractivity contribution in [3.05, 3.63) is 17.0 Å². The van der Waals surface area contributed by atoms with Crippen molar-refractivity contribution in [1.29, 1.82) is 0 Å². The molecule has 1 aromatic heterocycles. The van der Waals surface area contributed by atoms with E-state index in [1.165, 1.54) is 11.3 Å². The SMILES string of the molecule is Cc1nn(C)c(C)c1CNC(C)CCN. The van der Waals surface area contributed by atoms with Crippen LogP contribution in [0.25, 0.3) is 0 Å². The summed E-state index contributed by atoms with van der Waals surface area (Å²) in [5.41, 5.74) is 9.16. The first kappa shape index (κ1) is 12.2. The molecule has 15 heavy (non-hydrogen) atoms. The number of nitrogens with one attached hydrogen (secondary N) is 1. The summed E-state index contributed by atoms with van der Waals surface area (Å²) in [5.74, 6) is 0. The van der Waals surface area contributed by atoms with Gasteiger partial charge >= 0.3 is 0 Å². The highest BCUT2D eigenvalue weighted by atomic mass is 15.3. The zero-order valence-electron chi connectivity index (χ0n) is 10.2. The van der Waals surface area contributed by atoms with Crippen molar-refractivity contribution in [3.63, 3.8) is 0 Å². The van der Waals surface area contributed by atoms with Crippen molar-refractivity contribution >= 4 is 0 Å². The molecule has 1 unspecified atom stereocenters. The Morgan fingerprint density at radius 2 is 2.13 bits per heavy atom. The number of hydrogen-bond acceptors (Lipinski definition) is 3. The summed E-state index contributed by atoms with van der Waals surface area (Å²) in [6.45, 7) is 7.93. The molecule has 0 aliphatic carbocycles. The Balaban J connectivity index is 2.57. The van der Waals surface area contributed by atoms with Gasteiger partial charge in [-0.2, -0.15) is 5.10 Å². The van der Waals surface area contributed by atoms with Gasteiger partial charge < -0.3 is 11.1 Å². The second kappa shape index (κ2) is 5.28. The fraction of sp³-hybridized carbons (Fsp3) is 0.727.